The summed E-state index contributed by atoms with van der Waals surface area (Å²) in [4.78, 5) is 11.5. The number of carbonyl (C=O) groups excluding carboxylic acids is 1. The van der Waals surface area contributed by atoms with Gasteiger partial charge in [0.15, 0.2) is 0 Å². The Balaban J connectivity index is 2.69. The molecule has 0 radical (unpaired) electrons. The van der Waals surface area contributed by atoms with E-state index >= 15 is 0 Å². The highest BCUT2D eigenvalue weighted by molar-refractivity contribution is 5.89. The van der Waals surface area contributed by atoms with Gasteiger partial charge in [-0.05, 0) is 25.1 Å². The average Bonchev–Trinajstić information content (AvgIpc) is 2.22. The van der Waals surface area contributed by atoms with Crippen LogP contribution < -0.4 is 5.73 Å². The Bertz CT molecular complexity index is 381. The minimum absolute atomic E-state index is 0.00138. The molecule has 1 atom stereocenters. The number of rotatable bonds is 4. The second-order valence-corrected chi connectivity index (χ2v) is 3.41. The van der Waals surface area contributed by atoms with Crippen LogP contribution in [0.5, 0.6) is 0 Å². The Kier molecular flexibility index (Phi) is 4.25. The summed E-state index contributed by atoms with van der Waals surface area (Å²) >= 11 is 0. The van der Waals surface area contributed by atoms with Crippen LogP contribution in [-0.2, 0) is 9.47 Å². The van der Waals surface area contributed by atoms with Gasteiger partial charge in [0.2, 0.25) is 0 Å². The number of benzene rings is 1. The topological polar surface area (TPSA) is 61.5 Å². The quantitative estimate of drug-likeness (QED) is 0.627. The number of carbonyl (C=O) groups is 1. The molecule has 1 rings (SSSR count). The lowest BCUT2D eigenvalue weighted by atomic mass is 10.2. The first-order valence-electron chi connectivity index (χ1n) is 4.79. The molecule has 0 bridgehead atoms. The molecule has 0 amide bonds. The van der Waals surface area contributed by atoms with Gasteiger partial charge < -0.3 is 15.2 Å². The predicted octanol–water partition coefficient (Wildman–Crippen LogP) is 1.60. The van der Waals surface area contributed by atoms with E-state index in [0.29, 0.717) is 6.61 Å². The van der Waals surface area contributed by atoms with Crippen LogP contribution in [0, 0.1) is 5.82 Å². The molecular weight excluding hydrogens is 213 g/mol. The zero-order chi connectivity index (χ0) is 12.1. The molecule has 0 fully saturated rings. The summed E-state index contributed by atoms with van der Waals surface area (Å²) in [6.45, 7) is 1.98. The van der Waals surface area contributed by atoms with Crippen molar-refractivity contribution in [3.8, 4) is 0 Å². The molecule has 16 heavy (non-hydrogen) atoms. The third kappa shape index (κ3) is 3.20. The van der Waals surface area contributed by atoms with Crippen LogP contribution in [0.25, 0.3) is 0 Å². The second-order valence-electron chi connectivity index (χ2n) is 3.41. The van der Waals surface area contributed by atoms with Crippen LogP contribution >= 0.6 is 0 Å². The molecule has 0 aromatic heterocycles. The van der Waals surface area contributed by atoms with Gasteiger partial charge in [0.05, 0.1) is 17.9 Å². The molecule has 1 unspecified atom stereocenters. The van der Waals surface area contributed by atoms with Crippen LogP contribution in [0.15, 0.2) is 18.2 Å². The van der Waals surface area contributed by atoms with E-state index in [-0.39, 0.29) is 17.4 Å². The third-order valence-electron chi connectivity index (χ3n) is 1.95. The number of nitrogen functional groups attached to an aromatic ring is 1. The van der Waals surface area contributed by atoms with Gasteiger partial charge in [0.25, 0.3) is 0 Å². The third-order valence-corrected chi connectivity index (χ3v) is 1.95. The summed E-state index contributed by atoms with van der Waals surface area (Å²) in [5, 5.41) is 0. The normalized spacial score (nSPS) is 12.2. The van der Waals surface area contributed by atoms with Crippen LogP contribution in [-0.4, -0.2) is 25.8 Å². The highest BCUT2D eigenvalue weighted by atomic mass is 19.1. The van der Waals surface area contributed by atoms with Crippen molar-refractivity contribution >= 4 is 11.7 Å². The van der Waals surface area contributed by atoms with E-state index in [9.17, 15) is 9.18 Å². The van der Waals surface area contributed by atoms with Crippen molar-refractivity contribution in [3.05, 3.63) is 29.6 Å². The zero-order valence-electron chi connectivity index (χ0n) is 9.20. The van der Waals surface area contributed by atoms with Gasteiger partial charge >= 0.3 is 5.97 Å². The molecule has 0 aliphatic rings. The Morgan fingerprint density at radius 1 is 1.56 bits per heavy atom. The highest BCUT2D eigenvalue weighted by Crippen LogP contribution is 2.13. The number of hydrogen-bond donors (Lipinski definition) is 1. The fourth-order valence-electron chi connectivity index (χ4n) is 1.17. The molecule has 0 aliphatic heterocycles. The number of methoxy groups -OCH3 is 1. The Morgan fingerprint density at radius 3 is 2.81 bits per heavy atom. The Hall–Kier alpha value is -1.62. The first-order valence-corrected chi connectivity index (χ1v) is 4.79. The highest BCUT2D eigenvalue weighted by Gasteiger charge is 2.13. The summed E-state index contributed by atoms with van der Waals surface area (Å²) in [5.41, 5.74) is 5.43. The maximum absolute atomic E-state index is 13.1. The lowest BCUT2D eigenvalue weighted by Gasteiger charge is -2.12. The van der Waals surface area contributed by atoms with Crippen molar-refractivity contribution in [2.45, 2.75) is 13.0 Å². The van der Waals surface area contributed by atoms with Gasteiger partial charge in [0, 0.05) is 7.11 Å². The van der Waals surface area contributed by atoms with Crippen LogP contribution in [0.2, 0.25) is 0 Å². The molecule has 1 aromatic rings. The molecule has 4 nitrogen and oxygen atoms in total. The van der Waals surface area contributed by atoms with Crippen molar-refractivity contribution < 1.29 is 18.7 Å². The Labute approximate surface area is 93.2 Å². The van der Waals surface area contributed by atoms with Gasteiger partial charge in [-0.2, -0.15) is 0 Å². The molecule has 1 aromatic carbocycles. The van der Waals surface area contributed by atoms with Crippen molar-refractivity contribution in [3.63, 3.8) is 0 Å². The number of hydrogen-bond acceptors (Lipinski definition) is 4. The fourth-order valence-corrected chi connectivity index (χ4v) is 1.17. The van der Waals surface area contributed by atoms with Gasteiger partial charge in [-0.15, -0.1) is 0 Å². The van der Waals surface area contributed by atoms with E-state index in [0.717, 1.165) is 6.07 Å². The van der Waals surface area contributed by atoms with Crippen molar-refractivity contribution in [1.82, 2.24) is 0 Å². The zero-order valence-corrected chi connectivity index (χ0v) is 9.20. The van der Waals surface area contributed by atoms with Crippen molar-refractivity contribution in [2.24, 2.45) is 0 Å². The van der Waals surface area contributed by atoms with E-state index in [1.165, 1.54) is 19.2 Å². The predicted molar refractivity (Wildman–Crippen MR) is 57.6 cm³/mol. The summed E-state index contributed by atoms with van der Waals surface area (Å²) in [7, 11) is 1.51. The molecule has 5 heteroatoms. The molecular formula is C11H14FNO3. The fraction of sp³-hybridized carbons (Fsp3) is 0.364. The number of anilines is 1. The molecule has 0 saturated carbocycles. The summed E-state index contributed by atoms with van der Waals surface area (Å²) in [5.74, 6) is -1.22. The van der Waals surface area contributed by atoms with Crippen molar-refractivity contribution in [2.75, 3.05) is 19.5 Å². The van der Waals surface area contributed by atoms with E-state index in [1.807, 2.05) is 0 Å². The van der Waals surface area contributed by atoms with Crippen molar-refractivity contribution in [1.29, 1.82) is 0 Å². The number of nitrogens with two attached hydrogens (primary N) is 1. The monoisotopic (exact) mass is 227 g/mol. The van der Waals surface area contributed by atoms with Gasteiger partial charge in [-0.3, -0.25) is 0 Å². The molecule has 88 valence electrons. The summed E-state index contributed by atoms with van der Waals surface area (Å²) < 4.78 is 22.9. The standard InChI is InChI=1S/C11H14FNO3/c1-7(6-15-2)16-11(14)8-3-4-10(13)9(12)5-8/h3-5,7H,6,13H2,1-2H3. The molecule has 0 heterocycles. The Morgan fingerprint density at radius 2 is 2.25 bits per heavy atom. The smallest absolute Gasteiger partial charge is 0.338 e. The molecule has 0 spiro atoms. The summed E-state index contributed by atoms with van der Waals surface area (Å²) in [6, 6.07) is 3.80. The van der Waals surface area contributed by atoms with Crippen LogP contribution in [0.4, 0.5) is 10.1 Å². The maximum Gasteiger partial charge on any atom is 0.338 e. The van der Waals surface area contributed by atoms with E-state index in [2.05, 4.69) is 0 Å². The molecule has 0 aliphatic carbocycles. The average molecular weight is 227 g/mol. The minimum Gasteiger partial charge on any atom is -0.457 e. The van der Waals surface area contributed by atoms with E-state index in [4.69, 9.17) is 15.2 Å². The lowest BCUT2D eigenvalue weighted by molar-refractivity contribution is 0.0120. The minimum atomic E-state index is -0.631. The number of esters is 1. The largest absolute Gasteiger partial charge is 0.457 e. The van der Waals surface area contributed by atoms with Gasteiger partial charge in [-0.1, -0.05) is 0 Å². The summed E-state index contributed by atoms with van der Waals surface area (Å²) in [6.07, 6.45) is -0.377. The van der Waals surface area contributed by atoms with Crippen LogP contribution in [0.1, 0.15) is 17.3 Å². The first kappa shape index (κ1) is 12.4. The number of ether oxygens (including phenoxy) is 2. The van der Waals surface area contributed by atoms with Gasteiger partial charge in [-0.25, -0.2) is 9.18 Å². The van der Waals surface area contributed by atoms with E-state index < -0.39 is 11.8 Å². The molecule has 2 N–H and O–H groups in total. The number of halogens is 1. The second kappa shape index (κ2) is 5.46. The lowest BCUT2D eigenvalue weighted by Crippen LogP contribution is -2.19. The molecule has 0 saturated heterocycles. The van der Waals surface area contributed by atoms with Gasteiger partial charge in [0.1, 0.15) is 11.9 Å². The maximum atomic E-state index is 13.1. The SMILES string of the molecule is COCC(C)OC(=O)c1ccc(N)c(F)c1. The van der Waals surface area contributed by atoms with Crippen LogP contribution in [0.3, 0.4) is 0 Å². The first-order chi connectivity index (χ1) is 7.54. The van der Waals surface area contributed by atoms with E-state index in [1.54, 1.807) is 6.92 Å².